The molecule has 1 fully saturated rings. The molecule has 0 radical (unpaired) electrons. The minimum absolute atomic E-state index is 0.0917. The van der Waals surface area contributed by atoms with Gasteiger partial charge < -0.3 is 20.7 Å². The van der Waals surface area contributed by atoms with E-state index in [9.17, 15) is 14.4 Å². The van der Waals surface area contributed by atoms with Crippen molar-refractivity contribution in [3.05, 3.63) is 29.8 Å². The second-order valence-electron chi connectivity index (χ2n) is 6.97. The van der Waals surface area contributed by atoms with Crippen molar-refractivity contribution in [2.45, 2.75) is 38.8 Å². The monoisotopic (exact) mass is 348 g/mol. The van der Waals surface area contributed by atoms with E-state index in [0.717, 1.165) is 0 Å². The number of likely N-dealkylation sites (tertiary alicyclic amines) is 1. The number of ether oxygens (including phenoxy) is 1. The third kappa shape index (κ3) is 5.66. The Hall–Kier alpha value is -2.77. The summed E-state index contributed by atoms with van der Waals surface area (Å²) in [4.78, 5) is 36.5. The molecule has 25 heavy (non-hydrogen) atoms. The maximum absolute atomic E-state index is 12.2. The molecule has 1 aliphatic heterocycles. The Balaban J connectivity index is 1.91. The maximum atomic E-state index is 12.2. The third-order valence-electron chi connectivity index (χ3n) is 3.56. The number of para-hydroxylation sites is 1. The number of rotatable bonds is 4. The first-order valence-corrected chi connectivity index (χ1v) is 8.05. The molecule has 0 unspecified atom stereocenters. The van der Waals surface area contributed by atoms with Gasteiger partial charge in [0, 0.05) is 18.8 Å². The van der Waals surface area contributed by atoms with Crippen molar-refractivity contribution in [3.8, 4) is 0 Å². The lowest BCUT2D eigenvalue weighted by molar-refractivity contribution is -0.122. The number of benzene rings is 1. The fraction of sp³-hybridized carbons (Fsp3) is 0.471. The zero-order valence-electron chi connectivity index (χ0n) is 14.7. The van der Waals surface area contributed by atoms with Crippen LogP contribution in [0.5, 0.6) is 0 Å². The van der Waals surface area contributed by atoms with Crippen LogP contribution in [0, 0.1) is 0 Å². The molecule has 1 aromatic rings. The van der Waals surface area contributed by atoms with Crippen LogP contribution in [0.25, 0.3) is 0 Å². The summed E-state index contributed by atoms with van der Waals surface area (Å²) in [5.41, 5.74) is 5.75. The maximum Gasteiger partial charge on any atom is 0.412 e. The third-order valence-corrected chi connectivity index (χ3v) is 3.56. The standard InChI is InChI=1S/C17H24N4O4/c1-17(2,3)25-16(24)20-13-7-5-4-6-11(13)8-14(22)19-12-9-21(10-12)15(18)23/h4-7,12H,8-10H2,1-3H3,(H2,18,23)(H,19,22)(H,20,24). The fourth-order valence-electron chi connectivity index (χ4n) is 2.41. The van der Waals surface area contributed by atoms with Crippen molar-refractivity contribution in [1.82, 2.24) is 10.2 Å². The van der Waals surface area contributed by atoms with Crippen LogP contribution in [0.1, 0.15) is 26.3 Å². The molecule has 0 saturated carbocycles. The van der Waals surface area contributed by atoms with E-state index in [1.165, 1.54) is 4.90 Å². The highest BCUT2D eigenvalue weighted by Crippen LogP contribution is 2.18. The summed E-state index contributed by atoms with van der Waals surface area (Å²) in [7, 11) is 0. The van der Waals surface area contributed by atoms with Gasteiger partial charge in [-0.2, -0.15) is 0 Å². The average molecular weight is 348 g/mol. The fourth-order valence-corrected chi connectivity index (χ4v) is 2.41. The molecule has 4 N–H and O–H groups in total. The molecule has 2 rings (SSSR count). The highest BCUT2D eigenvalue weighted by atomic mass is 16.6. The zero-order valence-corrected chi connectivity index (χ0v) is 14.7. The Bertz CT molecular complexity index is 663. The molecular formula is C17H24N4O4. The Morgan fingerprint density at radius 1 is 1.24 bits per heavy atom. The number of nitrogens with two attached hydrogens (primary N) is 1. The van der Waals surface area contributed by atoms with Crippen LogP contribution in [0.4, 0.5) is 15.3 Å². The molecular weight excluding hydrogens is 324 g/mol. The summed E-state index contributed by atoms with van der Waals surface area (Å²) in [6, 6.07) is 6.46. The summed E-state index contributed by atoms with van der Waals surface area (Å²) in [5, 5.41) is 5.50. The summed E-state index contributed by atoms with van der Waals surface area (Å²) >= 11 is 0. The van der Waals surface area contributed by atoms with Crippen LogP contribution in [0.3, 0.4) is 0 Å². The Morgan fingerprint density at radius 3 is 2.48 bits per heavy atom. The lowest BCUT2D eigenvalue weighted by atomic mass is 10.1. The van der Waals surface area contributed by atoms with Crippen molar-refractivity contribution >= 4 is 23.7 Å². The van der Waals surface area contributed by atoms with Gasteiger partial charge in [-0.25, -0.2) is 9.59 Å². The Labute approximate surface area is 146 Å². The molecule has 0 aromatic heterocycles. The number of primary amides is 1. The van der Waals surface area contributed by atoms with Crippen LogP contribution in [-0.2, 0) is 16.0 Å². The van der Waals surface area contributed by atoms with Crippen LogP contribution >= 0.6 is 0 Å². The molecule has 8 nitrogen and oxygen atoms in total. The quantitative estimate of drug-likeness (QED) is 0.764. The van der Waals surface area contributed by atoms with Gasteiger partial charge in [-0.05, 0) is 32.4 Å². The lowest BCUT2D eigenvalue weighted by Gasteiger charge is -2.38. The van der Waals surface area contributed by atoms with Crippen LogP contribution in [0.15, 0.2) is 24.3 Å². The van der Waals surface area contributed by atoms with Gasteiger partial charge in [0.25, 0.3) is 0 Å². The minimum Gasteiger partial charge on any atom is -0.444 e. The van der Waals surface area contributed by atoms with Gasteiger partial charge in [-0.3, -0.25) is 10.1 Å². The molecule has 4 amide bonds. The first kappa shape index (κ1) is 18.6. The predicted molar refractivity (Wildman–Crippen MR) is 93.1 cm³/mol. The van der Waals surface area contributed by atoms with E-state index in [4.69, 9.17) is 10.5 Å². The van der Waals surface area contributed by atoms with Crippen molar-refractivity contribution in [3.63, 3.8) is 0 Å². The van der Waals surface area contributed by atoms with Gasteiger partial charge in [0.1, 0.15) is 5.60 Å². The van der Waals surface area contributed by atoms with E-state index in [1.807, 2.05) is 0 Å². The molecule has 1 saturated heterocycles. The van der Waals surface area contributed by atoms with Gasteiger partial charge in [0.15, 0.2) is 0 Å². The molecule has 1 heterocycles. The second-order valence-corrected chi connectivity index (χ2v) is 6.97. The Morgan fingerprint density at radius 2 is 1.88 bits per heavy atom. The first-order chi connectivity index (χ1) is 11.6. The summed E-state index contributed by atoms with van der Waals surface area (Å²) in [6.07, 6.45) is -0.463. The molecule has 136 valence electrons. The number of anilines is 1. The summed E-state index contributed by atoms with van der Waals surface area (Å²) in [5.74, 6) is -0.187. The second kappa shape index (κ2) is 7.42. The zero-order chi connectivity index (χ0) is 18.6. The molecule has 1 aromatic carbocycles. The number of carbonyl (C=O) groups excluding carboxylic acids is 3. The van der Waals surface area contributed by atoms with Gasteiger partial charge in [-0.15, -0.1) is 0 Å². The number of amides is 4. The molecule has 0 spiro atoms. The van der Waals surface area contributed by atoms with E-state index >= 15 is 0 Å². The molecule has 0 atom stereocenters. The Kier molecular flexibility index (Phi) is 5.51. The van der Waals surface area contributed by atoms with E-state index in [2.05, 4.69) is 10.6 Å². The van der Waals surface area contributed by atoms with Crippen LogP contribution in [-0.4, -0.2) is 47.7 Å². The van der Waals surface area contributed by atoms with Crippen molar-refractivity contribution in [2.24, 2.45) is 5.73 Å². The van der Waals surface area contributed by atoms with Crippen LogP contribution < -0.4 is 16.4 Å². The number of nitrogens with one attached hydrogen (secondary N) is 2. The molecule has 0 aliphatic carbocycles. The van der Waals surface area contributed by atoms with E-state index in [1.54, 1.807) is 45.0 Å². The summed E-state index contributed by atoms with van der Waals surface area (Å²) < 4.78 is 5.23. The number of nitrogens with zero attached hydrogens (tertiary/aromatic N) is 1. The number of urea groups is 1. The lowest BCUT2D eigenvalue weighted by Crippen LogP contribution is -2.62. The van der Waals surface area contributed by atoms with Crippen molar-refractivity contribution < 1.29 is 19.1 Å². The van der Waals surface area contributed by atoms with Crippen LogP contribution in [0.2, 0.25) is 0 Å². The van der Waals surface area contributed by atoms with E-state index in [0.29, 0.717) is 24.3 Å². The SMILES string of the molecule is CC(C)(C)OC(=O)Nc1ccccc1CC(=O)NC1CN(C(N)=O)C1. The molecule has 1 aliphatic rings. The van der Waals surface area contributed by atoms with Gasteiger partial charge in [-0.1, -0.05) is 18.2 Å². The number of carbonyl (C=O) groups is 3. The van der Waals surface area contributed by atoms with Crippen molar-refractivity contribution in [2.75, 3.05) is 18.4 Å². The topological polar surface area (TPSA) is 114 Å². The van der Waals surface area contributed by atoms with Gasteiger partial charge in [0.2, 0.25) is 5.91 Å². The van der Waals surface area contributed by atoms with Gasteiger partial charge >= 0.3 is 12.1 Å². The number of hydrogen-bond acceptors (Lipinski definition) is 4. The average Bonchev–Trinajstić information content (AvgIpc) is 2.42. The summed E-state index contributed by atoms with van der Waals surface area (Å²) in [6.45, 7) is 6.16. The van der Waals surface area contributed by atoms with E-state index < -0.39 is 17.7 Å². The highest BCUT2D eigenvalue weighted by molar-refractivity contribution is 5.88. The smallest absolute Gasteiger partial charge is 0.412 e. The largest absolute Gasteiger partial charge is 0.444 e. The first-order valence-electron chi connectivity index (χ1n) is 8.05. The molecule has 8 heteroatoms. The van der Waals surface area contributed by atoms with Gasteiger partial charge in [0.05, 0.1) is 12.5 Å². The predicted octanol–water partition coefficient (Wildman–Crippen LogP) is 1.46. The minimum atomic E-state index is -0.604. The van der Waals surface area contributed by atoms with E-state index in [-0.39, 0.29) is 18.4 Å². The number of hydrogen-bond donors (Lipinski definition) is 3. The molecule has 0 bridgehead atoms. The highest BCUT2D eigenvalue weighted by Gasteiger charge is 2.30. The van der Waals surface area contributed by atoms with Crippen molar-refractivity contribution in [1.29, 1.82) is 0 Å². The normalized spacial score (nSPS) is 14.4.